The summed E-state index contributed by atoms with van der Waals surface area (Å²) in [6.45, 7) is 2.95. The molecule has 0 aliphatic carbocycles. The molecule has 4 nitrogen and oxygen atoms in total. The van der Waals surface area contributed by atoms with Crippen LogP contribution in [0.15, 0.2) is 0 Å². The Bertz CT molecular complexity index is 188. The fourth-order valence-electron chi connectivity index (χ4n) is 1.99. The van der Waals surface area contributed by atoms with Gasteiger partial charge in [0.1, 0.15) is 0 Å². The van der Waals surface area contributed by atoms with Gasteiger partial charge >= 0.3 is 0 Å². The molecule has 2 saturated heterocycles. The maximum absolute atomic E-state index is 11.6. The van der Waals surface area contributed by atoms with Crippen molar-refractivity contribution in [3.05, 3.63) is 0 Å². The highest BCUT2D eigenvalue weighted by atomic mass is 35.5. The summed E-state index contributed by atoms with van der Waals surface area (Å²) < 4.78 is 0. The third kappa shape index (κ3) is 2.83. The number of hydrogen-bond donors (Lipinski definition) is 3. The van der Waals surface area contributed by atoms with Crippen LogP contribution >= 0.6 is 12.4 Å². The van der Waals surface area contributed by atoms with Crippen molar-refractivity contribution in [3.63, 3.8) is 0 Å². The number of halogens is 1. The predicted molar refractivity (Wildman–Crippen MR) is 57.7 cm³/mol. The van der Waals surface area contributed by atoms with Crippen LogP contribution in [0.3, 0.4) is 0 Å². The molecule has 82 valence electrons. The van der Waals surface area contributed by atoms with Gasteiger partial charge in [0.05, 0.1) is 6.04 Å². The average Bonchev–Trinajstić information content (AvgIpc) is 2.74. The van der Waals surface area contributed by atoms with E-state index in [0.29, 0.717) is 6.04 Å². The van der Waals surface area contributed by atoms with Crippen molar-refractivity contribution >= 4 is 18.3 Å². The van der Waals surface area contributed by atoms with Crippen LogP contribution in [0.4, 0.5) is 0 Å². The van der Waals surface area contributed by atoms with Crippen molar-refractivity contribution in [2.45, 2.75) is 31.3 Å². The lowest BCUT2D eigenvalue weighted by atomic mass is 10.2. The van der Waals surface area contributed by atoms with Crippen LogP contribution in [0.2, 0.25) is 0 Å². The molecule has 0 radical (unpaired) electrons. The lowest BCUT2D eigenvalue weighted by Gasteiger charge is -2.15. The molecule has 0 aromatic carbocycles. The van der Waals surface area contributed by atoms with E-state index in [-0.39, 0.29) is 24.4 Å². The van der Waals surface area contributed by atoms with E-state index >= 15 is 0 Å². The van der Waals surface area contributed by atoms with Crippen molar-refractivity contribution in [1.82, 2.24) is 16.0 Å². The Morgan fingerprint density at radius 2 is 2.14 bits per heavy atom. The number of carbonyl (C=O) groups excluding carboxylic acids is 1. The largest absolute Gasteiger partial charge is 0.351 e. The first-order chi connectivity index (χ1) is 6.36. The van der Waals surface area contributed by atoms with Gasteiger partial charge in [0.2, 0.25) is 5.91 Å². The van der Waals surface area contributed by atoms with E-state index in [1.807, 2.05) is 0 Å². The van der Waals surface area contributed by atoms with E-state index in [1.165, 1.54) is 0 Å². The number of nitrogens with one attached hydrogen (secondary N) is 3. The highest BCUT2D eigenvalue weighted by Crippen LogP contribution is 2.06. The fraction of sp³-hybridized carbons (Fsp3) is 0.889. The molecule has 2 unspecified atom stereocenters. The molecule has 2 aliphatic rings. The summed E-state index contributed by atoms with van der Waals surface area (Å²) >= 11 is 0. The Labute approximate surface area is 90.6 Å². The van der Waals surface area contributed by atoms with Crippen LogP contribution in [-0.4, -0.2) is 37.6 Å². The van der Waals surface area contributed by atoms with Gasteiger partial charge < -0.3 is 16.0 Å². The summed E-state index contributed by atoms with van der Waals surface area (Å²) in [7, 11) is 0. The van der Waals surface area contributed by atoms with Gasteiger partial charge in [-0.2, -0.15) is 0 Å². The van der Waals surface area contributed by atoms with Crippen LogP contribution in [0, 0.1) is 0 Å². The monoisotopic (exact) mass is 219 g/mol. The third-order valence-electron chi connectivity index (χ3n) is 2.78. The Morgan fingerprint density at radius 3 is 2.71 bits per heavy atom. The maximum Gasteiger partial charge on any atom is 0.237 e. The standard InChI is InChI=1S/C9H17N3O.ClH/c13-9(8-2-1-4-11-8)12-7-3-5-10-6-7;/h7-8,10-11H,1-6H2,(H,12,13);1H. The summed E-state index contributed by atoms with van der Waals surface area (Å²) in [5.41, 5.74) is 0. The van der Waals surface area contributed by atoms with Crippen LogP contribution in [0.1, 0.15) is 19.3 Å². The van der Waals surface area contributed by atoms with Crippen molar-refractivity contribution in [3.8, 4) is 0 Å². The second kappa shape index (κ2) is 5.53. The van der Waals surface area contributed by atoms with Crippen LogP contribution < -0.4 is 16.0 Å². The zero-order chi connectivity index (χ0) is 9.10. The summed E-state index contributed by atoms with van der Waals surface area (Å²) in [5.74, 6) is 0.186. The Hall–Kier alpha value is -0.320. The molecular formula is C9H18ClN3O. The molecule has 2 heterocycles. The van der Waals surface area contributed by atoms with Gasteiger partial charge in [0, 0.05) is 12.6 Å². The molecule has 5 heteroatoms. The molecule has 2 atom stereocenters. The van der Waals surface area contributed by atoms with Gasteiger partial charge in [-0.3, -0.25) is 4.79 Å². The second-order valence-electron chi connectivity index (χ2n) is 3.85. The van der Waals surface area contributed by atoms with E-state index < -0.39 is 0 Å². The first kappa shape index (κ1) is 11.8. The summed E-state index contributed by atoms with van der Waals surface area (Å²) in [5, 5.41) is 9.49. The molecule has 0 saturated carbocycles. The zero-order valence-electron chi connectivity index (χ0n) is 8.21. The van der Waals surface area contributed by atoms with Crippen molar-refractivity contribution in [2.75, 3.05) is 19.6 Å². The minimum atomic E-state index is 0. The smallest absolute Gasteiger partial charge is 0.237 e. The summed E-state index contributed by atoms with van der Waals surface area (Å²) in [6.07, 6.45) is 3.19. The van der Waals surface area contributed by atoms with Crippen molar-refractivity contribution < 1.29 is 4.79 Å². The van der Waals surface area contributed by atoms with Gasteiger partial charge in [-0.15, -0.1) is 12.4 Å². The molecule has 14 heavy (non-hydrogen) atoms. The van der Waals surface area contributed by atoms with Gasteiger partial charge in [0.15, 0.2) is 0 Å². The number of amides is 1. The average molecular weight is 220 g/mol. The molecule has 0 aromatic heterocycles. The molecule has 0 aromatic rings. The highest BCUT2D eigenvalue weighted by molar-refractivity contribution is 5.85. The third-order valence-corrected chi connectivity index (χ3v) is 2.78. The highest BCUT2D eigenvalue weighted by Gasteiger charge is 2.25. The van der Waals surface area contributed by atoms with Crippen molar-refractivity contribution in [2.24, 2.45) is 0 Å². The van der Waals surface area contributed by atoms with Gasteiger partial charge in [-0.1, -0.05) is 0 Å². The van der Waals surface area contributed by atoms with E-state index in [4.69, 9.17) is 0 Å². The Kier molecular flexibility index (Phi) is 4.65. The summed E-state index contributed by atoms with van der Waals surface area (Å²) in [4.78, 5) is 11.6. The first-order valence-corrected chi connectivity index (χ1v) is 5.11. The van der Waals surface area contributed by atoms with Gasteiger partial charge in [-0.25, -0.2) is 0 Å². The molecule has 0 bridgehead atoms. The lowest BCUT2D eigenvalue weighted by molar-refractivity contribution is -0.123. The van der Waals surface area contributed by atoms with E-state index in [9.17, 15) is 4.79 Å². The maximum atomic E-state index is 11.6. The molecule has 0 spiro atoms. The molecule has 2 rings (SSSR count). The van der Waals surface area contributed by atoms with Gasteiger partial charge in [0.25, 0.3) is 0 Å². The summed E-state index contributed by atoms with van der Waals surface area (Å²) in [6, 6.07) is 0.426. The first-order valence-electron chi connectivity index (χ1n) is 5.11. The number of hydrogen-bond acceptors (Lipinski definition) is 3. The van der Waals surface area contributed by atoms with Crippen LogP contribution in [0.25, 0.3) is 0 Å². The quantitative estimate of drug-likeness (QED) is 0.595. The minimum absolute atomic E-state index is 0. The van der Waals surface area contributed by atoms with Crippen molar-refractivity contribution in [1.29, 1.82) is 0 Å². The number of carbonyl (C=O) groups is 1. The normalized spacial score (nSPS) is 31.1. The lowest BCUT2D eigenvalue weighted by Crippen LogP contribution is -2.45. The SMILES string of the molecule is Cl.O=C(NC1CCNC1)C1CCCN1. The van der Waals surface area contributed by atoms with E-state index in [0.717, 1.165) is 38.9 Å². The molecule has 1 amide bonds. The number of rotatable bonds is 2. The minimum Gasteiger partial charge on any atom is -0.351 e. The van der Waals surface area contributed by atoms with E-state index in [2.05, 4.69) is 16.0 Å². The fourth-order valence-corrected chi connectivity index (χ4v) is 1.99. The predicted octanol–water partition coefficient (Wildman–Crippen LogP) is -0.362. The molecule has 2 fully saturated rings. The molecular weight excluding hydrogens is 202 g/mol. The molecule has 3 N–H and O–H groups in total. The topological polar surface area (TPSA) is 53.2 Å². The Morgan fingerprint density at radius 1 is 1.29 bits per heavy atom. The van der Waals surface area contributed by atoms with Crippen LogP contribution in [0.5, 0.6) is 0 Å². The van der Waals surface area contributed by atoms with E-state index in [1.54, 1.807) is 0 Å². The second-order valence-corrected chi connectivity index (χ2v) is 3.85. The van der Waals surface area contributed by atoms with Crippen LogP contribution in [-0.2, 0) is 4.79 Å². The van der Waals surface area contributed by atoms with Gasteiger partial charge in [-0.05, 0) is 32.4 Å². The molecule has 2 aliphatic heterocycles. The zero-order valence-corrected chi connectivity index (χ0v) is 9.03. The Balaban J connectivity index is 0.000000980.